The molecular formula is C18H22N4O3S. The highest BCUT2D eigenvalue weighted by Crippen LogP contribution is 2.22. The van der Waals surface area contributed by atoms with Crippen LogP contribution in [-0.4, -0.2) is 48.6 Å². The van der Waals surface area contributed by atoms with Gasteiger partial charge in [-0.2, -0.15) is 0 Å². The summed E-state index contributed by atoms with van der Waals surface area (Å²) in [5, 5.41) is 11.0. The molecule has 3 rings (SSSR count). The van der Waals surface area contributed by atoms with E-state index in [-0.39, 0.29) is 29.9 Å². The summed E-state index contributed by atoms with van der Waals surface area (Å²) in [6.07, 6.45) is 0.874. The topological polar surface area (TPSA) is 92.3 Å². The molecule has 1 aromatic carbocycles. The third kappa shape index (κ3) is 4.57. The lowest BCUT2D eigenvalue weighted by atomic mass is 10.1. The number of nitrogens with zero attached hydrogens (tertiary/aromatic N) is 3. The van der Waals surface area contributed by atoms with Gasteiger partial charge in [-0.05, 0) is 31.0 Å². The molecule has 26 heavy (non-hydrogen) atoms. The SMILES string of the molecule is CCN(c1ccc(NC(=O)Cc2ccccc2)nn1)C1CCS(=O)(=O)C1. The predicted octanol–water partition coefficient (Wildman–Crippen LogP) is 1.67. The van der Waals surface area contributed by atoms with Gasteiger partial charge in [0.25, 0.3) is 0 Å². The number of rotatable bonds is 6. The second kappa shape index (κ2) is 7.82. The minimum atomic E-state index is -2.96. The summed E-state index contributed by atoms with van der Waals surface area (Å²) in [5.41, 5.74) is 0.925. The van der Waals surface area contributed by atoms with Gasteiger partial charge in [-0.3, -0.25) is 4.79 Å². The van der Waals surface area contributed by atoms with E-state index in [0.29, 0.717) is 24.6 Å². The van der Waals surface area contributed by atoms with E-state index in [1.807, 2.05) is 42.2 Å². The Labute approximate surface area is 153 Å². The summed E-state index contributed by atoms with van der Waals surface area (Å²) in [7, 11) is -2.96. The van der Waals surface area contributed by atoms with Crippen LogP contribution in [0.15, 0.2) is 42.5 Å². The van der Waals surface area contributed by atoms with Gasteiger partial charge in [0.05, 0.1) is 17.9 Å². The van der Waals surface area contributed by atoms with Gasteiger partial charge >= 0.3 is 0 Å². The predicted molar refractivity (Wildman–Crippen MR) is 101 cm³/mol. The summed E-state index contributed by atoms with van der Waals surface area (Å²) in [4.78, 5) is 14.0. The Morgan fingerprint density at radius 3 is 2.54 bits per heavy atom. The fraction of sp³-hybridized carbons (Fsp3) is 0.389. The molecule has 0 aliphatic carbocycles. The van der Waals surface area contributed by atoms with Gasteiger partial charge in [0.2, 0.25) is 5.91 Å². The second-order valence-electron chi connectivity index (χ2n) is 6.33. The van der Waals surface area contributed by atoms with E-state index >= 15 is 0 Å². The van der Waals surface area contributed by atoms with Crippen molar-refractivity contribution in [2.24, 2.45) is 0 Å². The van der Waals surface area contributed by atoms with E-state index in [9.17, 15) is 13.2 Å². The standard InChI is InChI=1S/C18H22N4O3S/c1-2-22(15-10-11-26(24,25)13-15)17-9-8-16(20-21-17)19-18(23)12-14-6-4-3-5-7-14/h3-9,15H,2,10-13H2,1H3,(H,19,20,23). The van der Waals surface area contributed by atoms with Crippen LogP contribution in [0, 0.1) is 0 Å². The van der Waals surface area contributed by atoms with E-state index in [1.165, 1.54) is 0 Å². The van der Waals surface area contributed by atoms with Gasteiger partial charge in [0.1, 0.15) is 0 Å². The Kier molecular flexibility index (Phi) is 5.51. The quantitative estimate of drug-likeness (QED) is 0.827. The number of amides is 1. The molecule has 0 bridgehead atoms. The average Bonchev–Trinajstić information content (AvgIpc) is 2.97. The molecule has 0 spiro atoms. The minimum Gasteiger partial charge on any atom is -0.351 e. The molecule has 1 saturated heterocycles. The normalized spacial score (nSPS) is 18.4. The Morgan fingerprint density at radius 2 is 1.96 bits per heavy atom. The van der Waals surface area contributed by atoms with E-state index < -0.39 is 9.84 Å². The van der Waals surface area contributed by atoms with Crippen LogP contribution in [-0.2, 0) is 21.1 Å². The van der Waals surface area contributed by atoms with Crippen LogP contribution in [0.5, 0.6) is 0 Å². The van der Waals surface area contributed by atoms with E-state index in [1.54, 1.807) is 12.1 Å². The lowest BCUT2D eigenvalue weighted by molar-refractivity contribution is -0.115. The number of hydrogen-bond donors (Lipinski definition) is 1. The highest BCUT2D eigenvalue weighted by Gasteiger charge is 2.32. The van der Waals surface area contributed by atoms with Crippen molar-refractivity contribution in [2.75, 3.05) is 28.3 Å². The van der Waals surface area contributed by atoms with Crippen molar-refractivity contribution in [3.05, 3.63) is 48.0 Å². The maximum absolute atomic E-state index is 12.1. The van der Waals surface area contributed by atoms with Crippen molar-refractivity contribution in [2.45, 2.75) is 25.8 Å². The van der Waals surface area contributed by atoms with Crippen LogP contribution < -0.4 is 10.2 Å². The van der Waals surface area contributed by atoms with Crippen LogP contribution in [0.2, 0.25) is 0 Å². The molecule has 7 nitrogen and oxygen atoms in total. The first-order valence-corrected chi connectivity index (χ1v) is 10.4. The lowest BCUT2D eigenvalue weighted by Gasteiger charge is -2.27. The highest BCUT2D eigenvalue weighted by molar-refractivity contribution is 7.91. The molecule has 1 atom stereocenters. The fourth-order valence-corrected chi connectivity index (χ4v) is 4.87. The number of hydrogen-bond acceptors (Lipinski definition) is 6. The zero-order valence-corrected chi connectivity index (χ0v) is 15.4. The van der Waals surface area contributed by atoms with Crippen molar-refractivity contribution in [1.29, 1.82) is 0 Å². The molecule has 0 saturated carbocycles. The summed E-state index contributed by atoms with van der Waals surface area (Å²) >= 11 is 0. The molecule has 1 unspecified atom stereocenters. The molecule has 1 N–H and O–H groups in total. The Bertz CT molecular complexity index is 854. The number of benzene rings is 1. The smallest absolute Gasteiger partial charge is 0.229 e. The summed E-state index contributed by atoms with van der Waals surface area (Å²) < 4.78 is 23.4. The van der Waals surface area contributed by atoms with Crippen LogP contribution in [0.25, 0.3) is 0 Å². The van der Waals surface area contributed by atoms with Crippen molar-refractivity contribution in [1.82, 2.24) is 10.2 Å². The highest BCUT2D eigenvalue weighted by atomic mass is 32.2. The van der Waals surface area contributed by atoms with Crippen molar-refractivity contribution < 1.29 is 13.2 Å². The third-order valence-electron chi connectivity index (χ3n) is 4.41. The number of carbonyl (C=O) groups is 1. The second-order valence-corrected chi connectivity index (χ2v) is 8.56. The molecule has 1 amide bonds. The Balaban J connectivity index is 1.63. The molecular weight excluding hydrogens is 352 g/mol. The van der Waals surface area contributed by atoms with Crippen LogP contribution in [0.3, 0.4) is 0 Å². The average molecular weight is 374 g/mol. The van der Waals surface area contributed by atoms with E-state index in [2.05, 4.69) is 15.5 Å². The first kappa shape index (κ1) is 18.3. The molecule has 1 aromatic heterocycles. The first-order chi connectivity index (χ1) is 12.5. The maximum atomic E-state index is 12.1. The third-order valence-corrected chi connectivity index (χ3v) is 6.16. The minimum absolute atomic E-state index is 0.0715. The van der Waals surface area contributed by atoms with Crippen LogP contribution >= 0.6 is 0 Å². The Hall–Kier alpha value is -2.48. The molecule has 2 heterocycles. The first-order valence-electron chi connectivity index (χ1n) is 8.61. The number of carbonyl (C=O) groups excluding carboxylic acids is 1. The van der Waals surface area contributed by atoms with Gasteiger partial charge in [-0.15, -0.1) is 10.2 Å². The van der Waals surface area contributed by atoms with Gasteiger partial charge in [-0.25, -0.2) is 8.42 Å². The zero-order valence-electron chi connectivity index (χ0n) is 14.6. The lowest BCUT2D eigenvalue weighted by Crippen LogP contribution is -2.36. The van der Waals surface area contributed by atoms with E-state index in [0.717, 1.165) is 5.56 Å². The number of nitrogens with one attached hydrogen (secondary N) is 1. The van der Waals surface area contributed by atoms with Gasteiger partial charge in [0.15, 0.2) is 21.5 Å². The number of aromatic nitrogens is 2. The van der Waals surface area contributed by atoms with Crippen LogP contribution in [0.4, 0.5) is 11.6 Å². The molecule has 0 radical (unpaired) electrons. The number of anilines is 2. The summed E-state index contributed by atoms with van der Waals surface area (Å²) in [5.74, 6) is 1.21. The van der Waals surface area contributed by atoms with Gasteiger partial charge in [0, 0.05) is 12.6 Å². The van der Waals surface area contributed by atoms with Crippen molar-refractivity contribution in [3.8, 4) is 0 Å². The van der Waals surface area contributed by atoms with Crippen LogP contribution in [0.1, 0.15) is 18.9 Å². The Morgan fingerprint density at radius 1 is 1.19 bits per heavy atom. The van der Waals surface area contributed by atoms with Crippen molar-refractivity contribution >= 4 is 27.4 Å². The zero-order chi connectivity index (χ0) is 18.6. The molecule has 8 heteroatoms. The van der Waals surface area contributed by atoms with E-state index in [4.69, 9.17) is 0 Å². The number of sulfone groups is 1. The fourth-order valence-electron chi connectivity index (χ4n) is 3.14. The molecule has 1 fully saturated rings. The van der Waals surface area contributed by atoms with Crippen molar-refractivity contribution in [3.63, 3.8) is 0 Å². The molecule has 138 valence electrons. The largest absolute Gasteiger partial charge is 0.351 e. The van der Waals surface area contributed by atoms with Gasteiger partial charge < -0.3 is 10.2 Å². The summed E-state index contributed by atoms with van der Waals surface area (Å²) in [6.45, 7) is 2.61. The molecule has 1 aliphatic heterocycles. The molecule has 2 aromatic rings. The monoisotopic (exact) mass is 374 g/mol. The van der Waals surface area contributed by atoms with Gasteiger partial charge in [-0.1, -0.05) is 30.3 Å². The molecule has 1 aliphatic rings. The maximum Gasteiger partial charge on any atom is 0.229 e. The summed E-state index contributed by atoms with van der Waals surface area (Å²) in [6, 6.07) is 12.8.